The van der Waals surface area contributed by atoms with Crippen LogP contribution in [0.3, 0.4) is 0 Å². The van der Waals surface area contributed by atoms with Gasteiger partial charge >= 0.3 is 0 Å². The fourth-order valence-electron chi connectivity index (χ4n) is 1.15. The number of amides is 1. The molecular formula is C10H10N4OS. The van der Waals surface area contributed by atoms with E-state index in [9.17, 15) is 4.79 Å². The predicted molar refractivity (Wildman–Crippen MR) is 63.5 cm³/mol. The maximum absolute atomic E-state index is 11.7. The summed E-state index contributed by atoms with van der Waals surface area (Å²) in [6, 6.07) is 6.69. The molecule has 82 valence electrons. The number of rotatable bonds is 2. The first-order chi connectivity index (χ1) is 7.65. The van der Waals surface area contributed by atoms with E-state index in [2.05, 4.69) is 15.5 Å². The average molecular weight is 234 g/mol. The Hall–Kier alpha value is -1.95. The number of aromatic nitrogens is 2. The van der Waals surface area contributed by atoms with Gasteiger partial charge in [-0.1, -0.05) is 11.3 Å². The first-order valence-electron chi connectivity index (χ1n) is 4.62. The van der Waals surface area contributed by atoms with Crippen molar-refractivity contribution in [3.8, 4) is 0 Å². The van der Waals surface area contributed by atoms with Gasteiger partial charge in [0.15, 0.2) is 0 Å². The summed E-state index contributed by atoms with van der Waals surface area (Å²) in [6.07, 6.45) is 0. The number of hydrogen-bond donors (Lipinski definition) is 2. The highest BCUT2D eigenvalue weighted by molar-refractivity contribution is 7.15. The molecule has 0 saturated heterocycles. The van der Waals surface area contributed by atoms with Crippen molar-refractivity contribution >= 4 is 28.1 Å². The highest BCUT2D eigenvalue weighted by Crippen LogP contribution is 2.15. The van der Waals surface area contributed by atoms with E-state index in [4.69, 9.17) is 5.73 Å². The van der Waals surface area contributed by atoms with Crippen LogP contribution in [0, 0.1) is 6.92 Å². The molecule has 0 unspecified atom stereocenters. The van der Waals surface area contributed by atoms with E-state index < -0.39 is 0 Å². The van der Waals surface area contributed by atoms with Crippen molar-refractivity contribution in [1.29, 1.82) is 0 Å². The number of carbonyl (C=O) groups is 1. The number of benzene rings is 1. The highest BCUT2D eigenvalue weighted by Gasteiger charge is 2.08. The molecule has 0 radical (unpaired) electrons. The zero-order chi connectivity index (χ0) is 11.5. The zero-order valence-electron chi connectivity index (χ0n) is 8.60. The third-order valence-electron chi connectivity index (χ3n) is 1.92. The molecule has 1 aromatic heterocycles. The number of carbonyl (C=O) groups excluding carboxylic acids is 1. The second-order valence-corrected chi connectivity index (χ2v) is 4.38. The second kappa shape index (κ2) is 4.28. The Morgan fingerprint density at radius 3 is 2.56 bits per heavy atom. The smallest absolute Gasteiger partial charge is 0.257 e. The average Bonchev–Trinajstić information content (AvgIpc) is 2.65. The van der Waals surface area contributed by atoms with Gasteiger partial charge < -0.3 is 5.73 Å². The first kappa shape index (κ1) is 10.6. The standard InChI is InChI=1S/C10H10N4OS/c1-6-13-14-10(16-6)12-9(15)7-2-4-8(11)5-3-7/h2-5H,11H2,1H3,(H,12,14,15). The van der Waals surface area contributed by atoms with Gasteiger partial charge in [-0.25, -0.2) is 0 Å². The molecule has 0 bridgehead atoms. The van der Waals surface area contributed by atoms with Gasteiger partial charge in [0, 0.05) is 11.3 Å². The first-order valence-corrected chi connectivity index (χ1v) is 5.44. The van der Waals surface area contributed by atoms with Crippen molar-refractivity contribution in [2.24, 2.45) is 0 Å². The van der Waals surface area contributed by atoms with E-state index in [1.807, 2.05) is 6.92 Å². The van der Waals surface area contributed by atoms with E-state index in [1.54, 1.807) is 24.3 Å². The maximum Gasteiger partial charge on any atom is 0.257 e. The molecular weight excluding hydrogens is 224 g/mol. The van der Waals surface area contributed by atoms with Crippen molar-refractivity contribution in [3.05, 3.63) is 34.8 Å². The van der Waals surface area contributed by atoms with E-state index >= 15 is 0 Å². The molecule has 0 spiro atoms. The number of nitrogens with two attached hydrogens (primary N) is 1. The molecule has 0 aliphatic rings. The molecule has 2 aromatic rings. The SMILES string of the molecule is Cc1nnc(NC(=O)c2ccc(N)cc2)s1. The van der Waals surface area contributed by atoms with Crippen LogP contribution in [0.15, 0.2) is 24.3 Å². The van der Waals surface area contributed by atoms with Gasteiger partial charge in [0.1, 0.15) is 5.01 Å². The summed E-state index contributed by atoms with van der Waals surface area (Å²) in [7, 11) is 0. The van der Waals surface area contributed by atoms with Crippen LogP contribution in [0.4, 0.5) is 10.8 Å². The summed E-state index contributed by atoms with van der Waals surface area (Å²) in [6.45, 7) is 1.83. The third-order valence-corrected chi connectivity index (χ3v) is 2.67. The molecule has 0 aliphatic carbocycles. The van der Waals surface area contributed by atoms with Gasteiger partial charge in [-0.05, 0) is 31.2 Å². The summed E-state index contributed by atoms with van der Waals surface area (Å²) < 4.78 is 0. The van der Waals surface area contributed by atoms with Gasteiger partial charge in [0.2, 0.25) is 5.13 Å². The van der Waals surface area contributed by atoms with Crippen molar-refractivity contribution in [2.75, 3.05) is 11.1 Å². The number of hydrogen-bond acceptors (Lipinski definition) is 5. The fourth-order valence-corrected chi connectivity index (χ4v) is 1.74. The molecule has 0 aliphatic heterocycles. The minimum atomic E-state index is -0.212. The largest absolute Gasteiger partial charge is 0.399 e. The number of nitrogens with zero attached hydrogens (tertiary/aromatic N) is 2. The molecule has 2 rings (SSSR count). The van der Waals surface area contributed by atoms with Crippen LogP contribution in [0.1, 0.15) is 15.4 Å². The highest BCUT2D eigenvalue weighted by atomic mass is 32.1. The summed E-state index contributed by atoms with van der Waals surface area (Å²) in [5.41, 5.74) is 6.70. The van der Waals surface area contributed by atoms with Crippen LogP contribution in [0.2, 0.25) is 0 Å². The molecule has 16 heavy (non-hydrogen) atoms. The lowest BCUT2D eigenvalue weighted by atomic mass is 10.2. The van der Waals surface area contributed by atoms with E-state index in [1.165, 1.54) is 11.3 Å². The van der Waals surface area contributed by atoms with Gasteiger partial charge in [-0.2, -0.15) is 0 Å². The summed E-state index contributed by atoms with van der Waals surface area (Å²) in [5.74, 6) is -0.212. The van der Waals surface area contributed by atoms with Crippen LogP contribution >= 0.6 is 11.3 Å². The quantitative estimate of drug-likeness (QED) is 0.775. The number of anilines is 2. The van der Waals surface area contributed by atoms with E-state index in [0.717, 1.165) is 5.01 Å². The number of nitrogen functional groups attached to an aromatic ring is 1. The Labute approximate surface area is 96.3 Å². The minimum absolute atomic E-state index is 0.212. The molecule has 1 amide bonds. The molecule has 0 atom stereocenters. The minimum Gasteiger partial charge on any atom is -0.399 e. The van der Waals surface area contributed by atoms with E-state index in [0.29, 0.717) is 16.4 Å². The third kappa shape index (κ3) is 2.34. The van der Waals surface area contributed by atoms with Crippen molar-refractivity contribution < 1.29 is 4.79 Å². The molecule has 6 heteroatoms. The van der Waals surface area contributed by atoms with Gasteiger partial charge in [0.05, 0.1) is 0 Å². The Balaban J connectivity index is 2.11. The monoisotopic (exact) mass is 234 g/mol. The molecule has 1 aromatic carbocycles. The normalized spacial score (nSPS) is 10.1. The van der Waals surface area contributed by atoms with E-state index in [-0.39, 0.29) is 5.91 Å². The topological polar surface area (TPSA) is 80.9 Å². The predicted octanol–water partition coefficient (Wildman–Crippen LogP) is 1.68. The van der Waals surface area contributed by atoms with Crippen LogP contribution in [0.5, 0.6) is 0 Å². The van der Waals surface area contributed by atoms with Crippen molar-refractivity contribution in [2.45, 2.75) is 6.92 Å². The molecule has 0 fully saturated rings. The van der Waals surface area contributed by atoms with Gasteiger partial charge in [-0.15, -0.1) is 10.2 Å². The van der Waals surface area contributed by atoms with Crippen LogP contribution in [-0.2, 0) is 0 Å². The van der Waals surface area contributed by atoms with Crippen LogP contribution in [-0.4, -0.2) is 16.1 Å². The Morgan fingerprint density at radius 1 is 1.31 bits per heavy atom. The maximum atomic E-state index is 11.7. The molecule has 5 nitrogen and oxygen atoms in total. The fraction of sp³-hybridized carbons (Fsp3) is 0.100. The van der Waals surface area contributed by atoms with Crippen LogP contribution < -0.4 is 11.1 Å². The van der Waals surface area contributed by atoms with Crippen molar-refractivity contribution in [1.82, 2.24) is 10.2 Å². The number of nitrogens with one attached hydrogen (secondary N) is 1. The summed E-state index contributed by atoms with van der Waals surface area (Å²) >= 11 is 1.34. The summed E-state index contributed by atoms with van der Waals surface area (Å²) in [4.78, 5) is 11.7. The second-order valence-electron chi connectivity index (χ2n) is 3.20. The molecule has 0 saturated carbocycles. The Bertz CT molecular complexity index is 506. The zero-order valence-corrected chi connectivity index (χ0v) is 9.41. The van der Waals surface area contributed by atoms with Crippen LogP contribution in [0.25, 0.3) is 0 Å². The van der Waals surface area contributed by atoms with Gasteiger partial charge in [-0.3, -0.25) is 10.1 Å². The lowest BCUT2D eigenvalue weighted by Crippen LogP contribution is -2.11. The van der Waals surface area contributed by atoms with Gasteiger partial charge in [0.25, 0.3) is 5.91 Å². The Morgan fingerprint density at radius 2 is 2.00 bits per heavy atom. The molecule has 3 N–H and O–H groups in total. The lowest BCUT2D eigenvalue weighted by Gasteiger charge is -2.00. The van der Waals surface area contributed by atoms with Crippen molar-refractivity contribution in [3.63, 3.8) is 0 Å². The number of aryl methyl sites for hydroxylation is 1. The Kier molecular flexibility index (Phi) is 2.82. The summed E-state index contributed by atoms with van der Waals surface area (Å²) in [5, 5.41) is 11.6. The molecule has 1 heterocycles. The lowest BCUT2D eigenvalue weighted by molar-refractivity contribution is 0.102.